The maximum Gasteiger partial charge on any atom is 0.339 e. The van der Waals surface area contributed by atoms with Gasteiger partial charge in [0.1, 0.15) is 5.75 Å². The summed E-state index contributed by atoms with van der Waals surface area (Å²) >= 11 is 0. The van der Waals surface area contributed by atoms with Crippen LogP contribution < -0.4 is 0 Å². The van der Waals surface area contributed by atoms with Gasteiger partial charge >= 0.3 is 5.97 Å². The maximum absolute atomic E-state index is 12.4. The lowest BCUT2D eigenvalue weighted by atomic mass is 10.0. The van der Waals surface area contributed by atoms with E-state index in [0.29, 0.717) is 17.5 Å². The lowest BCUT2D eigenvalue weighted by Gasteiger charge is -2.29. The topological polar surface area (TPSA) is 66.8 Å². The van der Waals surface area contributed by atoms with E-state index >= 15 is 0 Å². The molecule has 5 heteroatoms. The smallest absolute Gasteiger partial charge is 0.339 e. The largest absolute Gasteiger partial charge is 0.507 e. The van der Waals surface area contributed by atoms with Crippen molar-refractivity contribution in [2.75, 3.05) is 13.1 Å². The van der Waals surface area contributed by atoms with Gasteiger partial charge in [0.25, 0.3) is 0 Å². The number of benzene rings is 2. The van der Waals surface area contributed by atoms with Crippen LogP contribution >= 0.6 is 0 Å². The van der Waals surface area contributed by atoms with Crippen LogP contribution in [0.4, 0.5) is 0 Å². The van der Waals surface area contributed by atoms with Gasteiger partial charge in [-0.05, 0) is 56.6 Å². The number of hydrogen-bond donors (Lipinski definition) is 1. The van der Waals surface area contributed by atoms with E-state index in [1.165, 1.54) is 6.07 Å². The Hall–Kier alpha value is -2.66. The van der Waals surface area contributed by atoms with Crippen molar-refractivity contribution in [3.8, 4) is 5.75 Å². The van der Waals surface area contributed by atoms with Gasteiger partial charge in [-0.25, -0.2) is 4.79 Å². The third-order valence-electron chi connectivity index (χ3n) is 5.03. The molecule has 29 heavy (non-hydrogen) atoms. The molecule has 5 nitrogen and oxygen atoms in total. The highest BCUT2D eigenvalue weighted by Gasteiger charge is 2.21. The van der Waals surface area contributed by atoms with Crippen molar-refractivity contribution in [1.29, 1.82) is 0 Å². The fraction of sp³-hybridized carbons (Fsp3) is 0.417. The highest BCUT2D eigenvalue weighted by atomic mass is 16.6. The molecule has 1 N–H and O–H groups in total. The molecule has 0 fully saturated rings. The van der Waals surface area contributed by atoms with Crippen LogP contribution in [0.25, 0.3) is 0 Å². The summed E-state index contributed by atoms with van der Waals surface area (Å²) in [6.45, 7) is 5.71. The van der Waals surface area contributed by atoms with E-state index in [1.54, 1.807) is 30.3 Å². The first-order chi connectivity index (χ1) is 14.1. The summed E-state index contributed by atoms with van der Waals surface area (Å²) in [7, 11) is 0. The number of rotatable bonds is 12. The third-order valence-corrected chi connectivity index (χ3v) is 5.03. The number of esters is 1. The van der Waals surface area contributed by atoms with Crippen molar-refractivity contribution in [2.45, 2.75) is 52.2 Å². The number of unbranched alkanes of at least 4 members (excludes halogenated alkanes) is 2. The van der Waals surface area contributed by atoms with Gasteiger partial charge in [0.15, 0.2) is 12.0 Å². The van der Waals surface area contributed by atoms with E-state index in [-0.39, 0.29) is 23.7 Å². The first-order valence-corrected chi connectivity index (χ1v) is 10.4. The van der Waals surface area contributed by atoms with E-state index in [1.807, 2.05) is 18.2 Å². The fourth-order valence-corrected chi connectivity index (χ4v) is 3.34. The molecule has 0 aliphatic heterocycles. The molecule has 0 saturated heterocycles. The number of phenolic OH excluding ortho intramolecular Hbond substituents is 1. The monoisotopic (exact) mass is 397 g/mol. The molecule has 1 unspecified atom stereocenters. The molecular weight excluding hydrogens is 366 g/mol. The van der Waals surface area contributed by atoms with Gasteiger partial charge in [-0.15, -0.1) is 0 Å². The lowest BCUT2D eigenvalue weighted by molar-refractivity contribution is -0.0339. The lowest BCUT2D eigenvalue weighted by Crippen LogP contribution is -2.38. The number of aromatic hydroxyl groups is 1. The Bertz CT molecular complexity index is 771. The van der Waals surface area contributed by atoms with Gasteiger partial charge < -0.3 is 9.84 Å². The second-order valence-electron chi connectivity index (χ2n) is 6.99. The molecule has 0 amide bonds. The Morgan fingerprint density at radius 1 is 0.931 bits per heavy atom. The third kappa shape index (κ3) is 7.02. The number of nitrogens with zero attached hydrogens (tertiary/aromatic N) is 1. The van der Waals surface area contributed by atoms with Gasteiger partial charge in [0, 0.05) is 6.42 Å². The molecule has 0 aromatic heterocycles. The molecule has 0 saturated carbocycles. The first kappa shape index (κ1) is 22.6. The average Bonchev–Trinajstić information content (AvgIpc) is 2.74. The summed E-state index contributed by atoms with van der Waals surface area (Å²) in [6, 6.07) is 15.7. The van der Waals surface area contributed by atoms with E-state index in [0.717, 1.165) is 38.8 Å². The normalized spacial score (nSPS) is 12.0. The standard InChI is InChI=1S/C24H31NO4/c1-3-25(4-2)23(29-24(28)19-13-7-5-8-14-19)18-10-6-9-16-21(26)20-15-11-12-17-22(20)27/h5,7-8,11-15,17,23,27H,3-4,6,9-10,16,18H2,1-2H3. The van der Waals surface area contributed by atoms with Gasteiger partial charge in [-0.1, -0.05) is 50.6 Å². The Labute approximate surface area is 173 Å². The number of carbonyl (C=O) groups is 2. The Morgan fingerprint density at radius 3 is 2.24 bits per heavy atom. The van der Waals surface area contributed by atoms with Crippen LogP contribution in [0.15, 0.2) is 54.6 Å². The minimum atomic E-state index is -0.308. The predicted molar refractivity (Wildman–Crippen MR) is 114 cm³/mol. The first-order valence-electron chi connectivity index (χ1n) is 10.4. The molecule has 0 radical (unpaired) electrons. The molecule has 0 bridgehead atoms. The Kier molecular flexibility index (Phi) is 9.38. The highest BCUT2D eigenvalue weighted by molar-refractivity contribution is 5.98. The summed E-state index contributed by atoms with van der Waals surface area (Å²) < 4.78 is 5.78. The van der Waals surface area contributed by atoms with Gasteiger partial charge in [-0.2, -0.15) is 0 Å². The zero-order valence-corrected chi connectivity index (χ0v) is 17.3. The number of carbonyl (C=O) groups excluding carboxylic acids is 2. The van der Waals surface area contributed by atoms with E-state index in [9.17, 15) is 14.7 Å². The van der Waals surface area contributed by atoms with Gasteiger partial charge in [-0.3, -0.25) is 9.69 Å². The Morgan fingerprint density at radius 2 is 1.59 bits per heavy atom. The van der Waals surface area contributed by atoms with Crippen LogP contribution in [-0.2, 0) is 4.74 Å². The molecule has 0 aliphatic carbocycles. The fourth-order valence-electron chi connectivity index (χ4n) is 3.34. The molecule has 0 spiro atoms. The summed E-state index contributed by atoms with van der Waals surface area (Å²) in [5.74, 6) is -0.317. The number of ether oxygens (including phenoxy) is 1. The van der Waals surface area contributed by atoms with E-state index in [2.05, 4.69) is 18.7 Å². The van der Waals surface area contributed by atoms with Crippen molar-refractivity contribution in [2.24, 2.45) is 0 Å². The number of ketones is 1. The molecule has 2 aromatic carbocycles. The van der Waals surface area contributed by atoms with Crippen LogP contribution in [0.1, 0.15) is 66.7 Å². The highest BCUT2D eigenvalue weighted by Crippen LogP contribution is 2.20. The van der Waals surface area contributed by atoms with Gasteiger partial charge in [0.2, 0.25) is 0 Å². The number of phenols is 1. The number of hydrogen-bond acceptors (Lipinski definition) is 5. The number of para-hydroxylation sites is 1. The van der Waals surface area contributed by atoms with Crippen molar-refractivity contribution in [3.63, 3.8) is 0 Å². The molecule has 2 rings (SSSR count). The van der Waals surface area contributed by atoms with Crippen LogP contribution in [0.2, 0.25) is 0 Å². The van der Waals surface area contributed by atoms with Crippen molar-refractivity contribution < 1.29 is 19.4 Å². The predicted octanol–water partition coefficient (Wildman–Crippen LogP) is 5.05. The quantitative estimate of drug-likeness (QED) is 0.235. The summed E-state index contributed by atoms with van der Waals surface area (Å²) in [5, 5.41) is 9.77. The second-order valence-corrected chi connectivity index (χ2v) is 6.99. The van der Waals surface area contributed by atoms with Crippen molar-refractivity contribution >= 4 is 11.8 Å². The molecule has 1 atom stereocenters. The second kappa shape index (κ2) is 12.0. The Balaban J connectivity index is 1.82. The molecule has 156 valence electrons. The van der Waals surface area contributed by atoms with Crippen LogP contribution in [0.3, 0.4) is 0 Å². The summed E-state index contributed by atoms with van der Waals surface area (Å²) in [4.78, 5) is 26.8. The van der Waals surface area contributed by atoms with E-state index < -0.39 is 0 Å². The maximum atomic E-state index is 12.4. The summed E-state index contributed by atoms with van der Waals surface area (Å²) in [5.41, 5.74) is 0.934. The van der Waals surface area contributed by atoms with Crippen LogP contribution in [-0.4, -0.2) is 41.1 Å². The van der Waals surface area contributed by atoms with Gasteiger partial charge in [0.05, 0.1) is 11.1 Å². The molecule has 0 aliphatic rings. The van der Waals surface area contributed by atoms with Crippen molar-refractivity contribution in [3.05, 3.63) is 65.7 Å². The SMILES string of the molecule is CCN(CC)C(CCCCCC(=O)c1ccccc1O)OC(=O)c1ccccc1. The van der Waals surface area contributed by atoms with E-state index in [4.69, 9.17) is 4.74 Å². The minimum absolute atomic E-state index is 0.0342. The molecule has 2 aromatic rings. The molecule has 0 heterocycles. The zero-order chi connectivity index (χ0) is 21.1. The minimum Gasteiger partial charge on any atom is -0.507 e. The summed E-state index contributed by atoms with van der Waals surface area (Å²) in [6.07, 6.45) is 3.32. The average molecular weight is 398 g/mol. The van der Waals surface area contributed by atoms with Crippen molar-refractivity contribution in [1.82, 2.24) is 4.90 Å². The number of Topliss-reactive ketones (excluding diaryl/α,β-unsaturated/α-hetero) is 1. The molecular formula is C24H31NO4. The van der Waals surface area contributed by atoms with Crippen LogP contribution in [0, 0.1) is 0 Å². The van der Waals surface area contributed by atoms with Crippen LogP contribution in [0.5, 0.6) is 5.75 Å². The zero-order valence-electron chi connectivity index (χ0n) is 17.3.